The molecule has 0 fully saturated rings. The maximum Gasteiger partial charge on any atom is 0.263 e. The molecule has 1 aromatic carbocycles. The molecule has 19 heavy (non-hydrogen) atoms. The number of rotatable bonds is 0. The van der Waals surface area contributed by atoms with Gasteiger partial charge in [-0.25, -0.2) is 9.37 Å². The first-order valence-electron chi connectivity index (χ1n) is 5.78. The van der Waals surface area contributed by atoms with E-state index in [-0.39, 0.29) is 11.7 Å². The first kappa shape index (κ1) is 11.9. The number of thiazole rings is 1. The van der Waals surface area contributed by atoms with Gasteiger partial charge >= 0.3 is 0 Å². The van der Waals surface area contributed by atoms with E-state index in [1.54, 1.807) is 12.1 Å². The number of nitrogens with one attached hydrogen (secondary N) is 1. The van der Waals surface area contributed by atoms with Crippen molar-refractivity contribution < 1.29 is 9.18 Å². The molecule has 0 aliphatic carbocycles. The van der Waals surface area contributed by atoms with E-state index in [2.05, 4.69) is 22.1 Å². The van der Waals surface area contributed by atoms with Crippen LogP contribution in [0.4, 0.5) is 4.39 Å². The molecular weight excluding hydrogens is 263 g/mol. The minimum Gasteiger partial charge on any atom is -0.351 e. The Hall–Kier alpha value is -2.19. The van der Waals surface area contributed by atoms with Crippen LogP contribution in [0, 0.1) is 17.7 Å². The standard InChI is InChI=1S/C14H9FN2OS/c15-10-3-1-2-9(8-10)4-5-12-17-11-6-7-16-14(18)13(11)19-12/h1-3,8H,6-7H2,(H,16,18). The average Bonchev–Trinajstić information content (AvgIpc) is 2.81. The van der Waals surface area contributed by atoms with Gasteiger partial charge in [0.05, 0.1) is 5.69 Å². The van der Waals surface area contributed by atoms with Gasteiger partial charge in [-0.1, -0.05) is 12.0 Å². The molecule has 0 bridgehead atoms. The lowest BCUT2D eigenvalue weighted by Crippen LogP contribution is -2.30. The lowest BCUT2D eigenvalue weighted by molar-refractivity contribution is 0.0950. The maximum atomic E-state index is 13.0. The van der Waals surface area contributed by atoms with Crippen molar-refractivity contribution >= 4 is 17.2 Å². The van der Waals surface area contributed by atoms with Gasteiger partial charge < -0.3 is 5.32 Å². The van der Waals surface area contributed by atoms with Crippen molar-refractivity contribution in [3.8, 4) is 11.8 Å². The molecule has 1 aromatic heterocycles. The highest BCUT2D eigenvalue weighted by molar-refractivity contribution is 7.14. The molecule has 0 unspecified atom stereocenters. The van der Waals surface area contributed by atoms with Crippen LogP contribution >= 0.6 is 11.3 Å². The number of carbonyl (C=O) groups excluding carboxylic acids is 1. The van der Waals surface area contributed by atoms with Crippen LogP contribution in [0.5, 0.6) is 0 Å². The Morgan fingerprint density at radius 3 is 3.05 bits per heavy atom. The largest absolute Gasteiger partial charge is 0.351 e. The smallest absolute Gasteiger partial charge is 0.263 e. The number of hydrogen-bond donors (Lipinski definition) is 1. The van der Waals surface area contributed by atoms with Crippen LogP contribution in [-0.4, -0.2) is 17.4 Å². The zero-order chi connectivity index (χ0) is 13.2. The minimum atomic E-state index is -0.315. The summed E-state index contributed by atoms with van der Waals surface area (Å²) in [5.41, 5.74) is 1.40. The Morgan fingerprint density at radius 2 is 2.26 bits per heavy atom. The van der Waals surface area contributed by atoms with Crippen LogP contribution in [0.25, 0.3) is 0 Å². The topological polar surface area (TPSA) is 42.0 Å². The molecule has 1 aliphatic rings. The van der Waals surface area contributed by atoms with Gasteiger partial charge in [-0.15, -0.1) is 11.3 Å². The molecule has 1 N–H and O–H groups in total. The van der Waals surface area contributed by atoms with Crippen LogP contribution in [-0.2, 0) is 6.42 Å². The van der Waals surface area contributed by atoms with Gasteiger partial charge in [0.15, 0.2) is 5.01 Å². The van der Waals surface area contributed by atoms with Gasteiger partial charge in [-0.05, 0) is 24.1 Å². The molecule has 2 aromatic rings. The zero-order valence-corrected chi connectivity index (χ0v) is 10.7. The summed E-state index contributed by atoms with van der Waals surface area (Å²) in [5, 5.41) is 3.36. The number of amides is 1. The van der Waals surface area contributed by atoms with E-state index in [0.29, 0.717) is 22.0 Å². The molecule has 0 spiro atoms. The second-order valence-corrected chi connectivity index (χ2v) is 5.06. The summed E-state index contributed by atoms with van der Waals surface area (Å²) < 4.78 is 13.0. The SMILES string of the molecule is O=C1NCCc2nc(C#Cc3cccc(F)c3)sc21. The van der Waals surface area contributed by atoms with E-state index >= 15 is 0 Å². The van der Waals surface area contributed by atoms with Gasteiger partial charge in [0.25, 0.3) is 5.91 Å². The van der Waals surface area contributed by atoms with Crippen molar-refractivity contribution in [2.75, 3.05) is 6.54 Å². The number of nitrogens with zero attached hydrogens (tertiary/aromatic N) is 1. The van der Waals surface area contributed by atoms with Crippen molar-refractivity contribution in [1.82, 2.24) is 10.3 Å². The monoisotopic (exact) mass is 272 g/mol. The lowest BCUT2D eigenvalue weighted by Gasteiger charge is -2.09. The van der Waals surface area contributed by atoms with Crippen molar-refractivity contribution in [3.05, 3.63) is 51.2 Å². The summed E-state index contributed by atoms with van der Waals surface area (Å²) >= 11 is 1.28. The molecule has 3 nitrogen and oxygen atoms in total. The minimum absolute atomic E-state index is 0.0856. The number of aromatic nitrogens is 1. The summed E-state index contributed by atoms with van der Waals surface area (Å²) in [6, 6.07) is 6.08. The summed E-state index contributed by atoms with van der Waals surface area (Å²) in [4.78, 5) is 16.5. The maximum absolute atomic E-state index is 13.0. The van der Waals surface area contributed by atoms with Gasteiger partial charge in [-0.3, -0.25) is 4.79 Å². The number of halogens is 1. The zero-order valence-electron chi connectivity index (χ0n) is 9.87. The van der Waals surface area contributed by atoms with E-state index in [0.717, 1.165) is 12.1 Å². The third kappa shape index (κ3) is 2.49. The second kappa shape index (κ2) is 4.82. The highest BCUT2D eigenvalue weighted by Gasteiger charge is 2.20. The van der Waals surface area contributed by atoms with Crippen LogP contribution in [0.3, 0.4) is 0 Å². The second-order valence-electron chi connectivity index (χ2n) is 4.06. The molecule has 1 amide bonds. The van der Waals surface area contributed by atoms with Gasteiger partial charge in [0.1, 0.15) is 10.7 Å². The number of benzene rings is 1. The van der Waals surface area contributed by atoms with Gasteiger partial charge in [0, 0.05) is 18.5 Å². The van der Waals surface area contributed by atoms with Crippen molar-refractivity contribution in [2.45, 2.75) is 6.42 Å². The molecule has 0 atom stereocenters. The van der Waals surface area contributed by atoms with Crippen LogP contribution in [0.2, 0.25) is 0 Å². The molecule has 0 saturated carbocycles. The summed E-state index contributed by atoms with van der Waals surface area (Å²) in [5.74, 6) is 5.33. The average molecular weight is 272 g/mol. The quantitative estimate of drug-likeness (QED) is 0.745. The Bertz CT molecular complexity index is 712. The van der Waals surface area contributed by atoms with E-state index in [1.807, 2.05) is 0 Å². The van der Waals surface area contributed by atoms with Gasteiger partial charge in [0.2, 0.25) is 0 Å². The lowest BCUT2D eigenvalue weighted by atomic mass is 10.2. The molecule has 5 heteroatoms. The highest BCUT2D eigenvalue weighted by Crippen LogP contribution is 2.20. The molecule has 1 aliphatic heterocycles. The first-order chi connectivity index (χ1) is 9.22. The van der Waals surface area contributed by atoms with Crippen LogP contribution in [0.1, 0.15) is 25.9 Å². The van der Waals surface area contributed by atoms with Crippen molar-refractivity contribution in [3.63, 3.8) is 0 Å². The van der Waals surface area contributed by atoms with E-state index in [1.165, 1.54) is 23.5 Å². The molecule has 94 valence electrons. The molecule has 2 heterocycles. The Kier molecular flexibility index (Phi) is 3.02. The fraction of sp³-hybridized carbons (Fsp3) is 0.143. The fourth-order valence-corrected chi connectivity index (χ4v) is 2.70. The predicted molar refractivity (Wildman–Crippen MR) is 70.5 cm³/mol. The fourth-order valence-electron chi connectivity index (χ4n) is 1.82. The van der Waals surface area contributed by atoms with Gasteiger partial charge in [-0.2, -0.15) is 0 Å². The number of fused-ring (bicyclic) bond motifs is 1. The molecule has 0 saturated heterocycles. The molecule has 3 rings (SSSR count). The van der Waals surface area contributed by atoms with Crippen LogP contribution in [0.15, 0.2) is 24.3 Å². The van der Waals surface area contributed by atoms with Crippen LogP contribution < -0.4 is 5.32 Å². The summed E-state index contributed by atoms with van der Waals surface area (Å²) in [7, 11) is 0. The predicted octanol–water partition coefficient (Wildman–Crippen LogP) is 1.97. The Balaban J connectivity index is 1.91. The summed E-state index contributed by atoms with van der Waals surface area (Å²) in [6.07, 6.45) is 0.735. The third-order valence-corrected chi connectivity index (χ3v) is 3.70. The van der Waals surface area contributed by atoms with E-state index < -0.39 is 0 Å². The highest BCUT2D eigenvalue weighted by atomic mass is 32.1. The first-order valence-corrected chi connectivity index (χ1v) is 6.59. The van der Waals surface area contributed by atoms with E-state index in [9.17, 15) is 9.18 Å². The van der Waals surface area contributed by atoms with Crippen molar-refractivity contribution in [2.24, 2.45) is 0 Å². The Morgan fingerprint density at radius 1 is 1.37 bits per heavy atom. The summed E-state index contributed by atoms with van der Waals surface area (Å²) in [6.45, 7) is 0.617. The normalized spacial score (nSPS) is 13.2. The Labute approximate surface area is 113 Å². The number of carbonyl (C=O) groups is 1. The van der Waals surface area contributed by atoms with Crippen molar-refractivity contribution in [1.29, 1.82) is 0 Å². The van der Waals surface area contributed by atoms with E-state index in [4.69, 9.17) is 0 Å². The molecule has 0 radical (unpaired) electrons. The molecular formula is C14H9FN2OS. The number of hydrogen-bond acceptors (Lipinski definition) is 3. The third-order valence-electron chi connectivity index (χ3n) is 2.69.